The van der Waals surface area contributed by atoms with Crippen LogP contribution in [-0.4, -0.2) is 87.1 Å². The first-order valence-electron chi connectivity index (χ1n) is 7.78. The highest BCUT2D eigenvalue weighted by Crippen LogP contribution is 1.99. The van der Waals surface area contributed by atoms with E-state index in [1.807, 2.05) is 5.32 Å². The molecule has 0 radical (unpaired) electrons. The minimum Gasteiger partial charge on any atom is -0.480 e. The van der Waals surface area contributed by atoms with E-state index in [0.29, 0.717) is 0 Å². The summed E-state index contributed by atoms with van der Waals surface area (Å²) in [5, 5.41) is 43.4. The van der Waals surface area contributed by atoms with Crippen LogP contribution in [-0.2, 0) is 19.2 Å². The van der Waals surface area contributed by atoms with Gasteiger partial charge in [0.05, 0.1) is 24.9 Å². The summed E-state index contributed by atoms with van der Waals surface area (Å²) in [6, 6.07) is -4.41. The fourth-order valence-corrected chi connectivity index (χ4v) is 1.77. The smallest absolute Gasteiger partial charge is 0.328 e. The maximum atomic E-state index is 12.1. The van der Waals surface area contributed by atoms with Gasteiger partial charge in [0.2, 0.25) is 17.7 Å². The largest absolute Gasteiger partial charge is 0.480 e. The number of aliphatic hydroxyl groups is 3. The number of amides is 3. The zero-order valence-corrected chi connectivity index (χ0v) is 14.7. The maximum Gasteiger partial charge on any atom is 0.328 e. The third-order valence-electron chi connectivity index (χ3n) is 3.37. The van der Waals surface area contributed by atoms with Gasteiger partial charge in [-0.05, 0) is 20.8 Å². The van der Waals surface area contributed by atoms with Crippen LogP contribution >= 0.6 is 0 Å². The van der Waals surface area contributed by atoms with Crippen LogP contribution in [0.15, 0.2) is 0 Å². The highest BCUT2D eigenvalue weighted by Gasteiger charge is 2.32. The molecule has 26 heavy (non-hydrogen) atoms. The van der Waals surface area contributed by atoms with Crippen molar-refractivity contribution in [2.45, 2.75) is 57.2 Å². The molecule has 0 fully saturated rings. The number of nitrogens with one attached hydrogen (secondary N) is 3. The molecule has 0 saturated carbocycles. The van der Waals surface area contributed by atoms with Crippen LogP contribution in [0.2, 0.25) is 0 Å². The molecular formula is C14H26N4O8. The summed E-state index contributed by atoms with van der Waals surface area (Å²) in [5.41, 5.74) is 5.38. The van der Waals surface area contributed by atoms with Gasteiger partial charge in [0, 0.05) is 0 Å². The predicted octanol–water partition coefficient (Wildman–Crippen LogP) is -4.37. The van der Waals surface area contributed by atoms with Crippen LogP contribution in [0.25, 0.3) is 0 Å². The number of aliphatic carboxylic acids is 1. The average Bonchev–Trinajstić information content (AvgIpc) is 2.53. The molecule has 0 spiro atoms. The second kappa shape index (κ2) is 10.7. The third-order valence-corrected chi connectivity index (χ3v) is 3.37. The van der Waals surface area contributed by atoms with Gasteiger partial charge in [0.1, 0.15) is 12.1 Å². The van der Waals surface area contributed by atoms with E-state index in [9.17, 15) is 34.5 Å². The van der Waals surface area contributed by atoms with Gasteiger partial charge in [0.15, 0.2) is 6.04 Å². The molecule has 0 rings (SSSR count). The Morgan fingerprint density at radius 1 is 0.846 bits per heavy atom. The van der Waals surface area contributed by atoms with Crippen molar-refractivity contribution in [2.24, 2.45) is 5.73 Å². The molecule has 12 heteroatoms. The lowest BCUT2D eigenvalue weighted by Gasteiger charge is -2.24. The van der Waals surface area contributed by atoms with E-state index in [-0.39, 0.29) is 0 Å². The molecule has 9 N–H and O–H groups in total. The number of hydrogen-bond acceptors (Lipinski definition) is 8. The van der Waals surface area contributed by atoms with Crippen LogP contribution in [0.5, 0.6) is 0 Å². The first-order valence-corrected chi connectivity index (χ1v) is 7.78. The molecular weight excluding hydrogens is 352 g/mol. The Balaban J connectivity index is 4.81. The van der Waals surface area contributed by atoms with Crippen molar-refractivity contribution < 1.29 is 39.6 Å². The molecule has 0 saturated heterocycles. The second-order valence-electron chi connectivity index (χ2n) is 5.84. The van der Waals surface area contributed by atoms with Crippen molar-refractivity contribution in [1.29, 1.82) is 0 Å². The summed E-state index contributed by atoms with van der Waals surface area (Å²) in [5.74, 6) is -4.19. The molecule has 12 nitrogen and oxygen atoms in total. The zero-order valence-electron chi connectivity index (χ0n) is 14.7. The molecule has 0 aliphatic rings. The number of rotatable bonds is 10. The summed E-state index contributed by atoms with van der Waals surface area (Å²) in [6.45, 7) is 3.04. The van der Waals surface area contributed by atoms with Crippen molar-refractivity contribution in [3.8, 4) is 0 Å². The Labute approximate surface area is 149 Å². The molecule has 0 aliphatic heterocycles. The predicted molar refractivity (Wildman–Crippen MR) is 87.5 cm³/mol. The lowest BCUT2D eigenvalue weighted by atomic mass is 10.1. The van der Waals surface area contributed by atoms with Gasteiger partial charge < -0.3 is 42.1 Å². The Hall–Kier alpha value is -2.28. The maximum absolute atomic E-state index is 12.1. The Morgan fingerprint density at radius 2 is 1.35 bits per heavy atom. The minimum absolute atomic E-state index is 0.589. The first kappa shape index (κ1) is 23.7. The number of hydrogen-bond donors (Lipinski definition) is 8. The Kier molecular flexibility index (Phi) is 9.72. The molecule has 0 heterocycles. The topological polar surface area (TPSA) is 211 Å². The summed E-state index contributed by atoms with van der Waals surface area (Å²) in [6.07, 6.45) is -3.94. The molecule has 150 valence electrons. The monoisotopic (exact) mass is 378 g/mol. The van der Waals surface area contributed by atoms with Crippen LogP contribution < -0.4 is 21.7 Å². The van der Waals surface area contributed by atoms with Crippen molar-refractivity contribution in [2.75, 3.05) is 6.54 Å². The van der Waals surface area contributed by atoms with Gasteiger partial charge in [-0.1, -0.05) is 0 Å². The van der Waals surface area contributed by atoms with E-state index >= 15 is 0 Å². The highest BCUT2D eigenvalue weighted by atomic mass is 16.4. The summed E-state index contributed by atoms with van der Waals surface area (Å²) >= 11 is 0. The van der Waals surface area contributed by atoms with Gasteiger partial charge in [-0.3, -0.25) is 14.4 Å². The highest BCUT2D eigenvalue weighted by molar-refractivity contribution is 5.93. The lowest BCUT2D eigenvalue weighted by molar-refractivity contribution is -0.145. The molecule has 3 amide bonds. The fourth-order valence-electron chi connectivity index (χ4n) is 1.77. The van der Waals surface area contributed by atoms with E-state index in [1.54, 1.807) is 0 Å². The number of carboxylic acids is 1. The number of carboxylic acid groups (broad SMARTS) is 1. The van der Waals surface area contributed by atoms with E-state index in [2.05, 4.69) is 10.6 Å². The van der Waals surface area contributed by atoms with Crippen LogP contribution in [0.4, 0.5) is 0 Å². The molecule has 0 bridgehead atoms. The lowest BCUT2D eigenvalue weighted by Crippen LogP contribution is -2.59. The number of aliphatic hydroxyl groups excluding tert-OH is 3. The Morgan fingerprint density at radius 3 is 1.73 bits per heavy atom. The second-order valence-corrected chi connectivity index (χ2v) is 5.84. The van der Waals surface area contributed by atoms with Crippen molar-refractivity contribution in [3.63, 3.8) is 0 Å². The van der Waals surface area contributed by atoms with Crippen LogP contribution in [0.3, 0.4) is 0 Å². The van der Waals surface area contributed by atoms with E-state index in [4.69, 9.17) is 10.8 Å². The number of carbonyl (C=O) groups is 4. The minimum atomic E-state index is -1.63. The van der Waals surface area contributed by atoms with Gasteiger partial charge in [-0.2, -0.15) is 0 Å². The summed E-state index contributed by atoms with van der Waals surface area (Å²) < 4.78 is 0. The normalized spacial score (nSPS) is 17.8. The van der Waals surface area contributed by atoms with Crippen LogP contribution in [0, 0.1) is 0 Å². The molecule has 0 aliphatic carbocycles. The third kappa shape index (κ3) is 7.74. The van der Waals surface area contributed by atoms with Gasteiger partial charge in [-0.25, -0.2) is 4.79 Å². The fraction of sp³-hybridized carbons (Fsp3) is 0.714. The van der Waals surface area contributed by atoms with Crippen LogP contribution in [0.1, 0.15) is 20.8 Å². The molecule has 6 atom stereocenters. The quantitative estimate of drug-likeness (QED) is 0.184. The molecule has 0 aromatic rings. The average molecular weight is 378 g/mol. The first-order chi connectivity index (χ1) is 11.9. The van der Waals surface area contributed by atoms with Crippen molar-refractivity contribution in [1.82, 2.24) is 16.0 Å². The number of nitrogens with two attached hydrogens (primary N) is 1. The van der Waals surface area contributed by atoms with Gasteiger partial charge in [0.25, 0.3) is 0 Å². The number of carbonyl (C=O) groups excluding carboxylic acids is 3. The van der Waals surface area contributed by atoms with E-state index in [0.717, 1.165) is 6.92 Å². The van der Waals surface area contributed by atoms with Gasteiger partial charge in [-0.15, -0.1) is 0 Å². The zero-order chi connectivity index (χ0) is 20.6. The van der Waals surface area contributed by atoms with Gasteiger partial charge >= 0.3 is 5.97 Å². The van der Waals surface area contributed by atoms with E-state index in [1.165, 1.54) is 13.8 Å². The molecule has 6 unspecified atom stereocenters. The molecule has 0 aromatic carbocycles. The SMILES string of the molecule is CC(O)C(N)C(=O)NCC(=O)NC(C(=O)NC(C(=O)O)C(C)O)C(C)O. The standard InChI is InChI=1S/C14H26N4O8/c1-5(19)9(15)12(23)16-4-8(22)17-10(6(2)20)13(24)18-11(7(3)21)14(25)26/h5-7,9-11,19-21H,4,15H2,1-3H3,(H,16,23)(H,17,22)(H,18,24)(H,25,26). The summed E-state index contributed by atoms with van der Waals surface area (Å²) in [4.78, 5) is 46.4. The van der Waals surface area contributed by atoms with Crippen molar-refractivity contribution in [3.05, 3.63) is 0 Å². The molecule has 0 aromatic heterocycles. The van der Waals surface area contributed by atoms with E-state index < -0.39 is 66.7 Å². The van der Waals surface area contributed by atoms with Crippen molar-refractivity contribution >= 4 is 23.7 Å². The summed E-state index contributed by atoms with van der Waals surface area (Å²) in [7, 11) is 0. The Bertz CT molecular complexity index is 523.